The smallest absolute Gasteiger partial charge is 0.131 e. The van der Waals surface area contributed by atoms with Crippen molar-refractivity contribution in [2.24, 2.45) is 0 Å². The molecule has 0 N–H and O–H groups in total. The van der Waals surface area contributed by atoms with E-state index in [0.29, 0.717) is 6.42 Å². The van der Waals surface area contributed by atoms with Gasteiger partial charge in [0.1, 0.15) is 5.78 Å². The maximum absolute atomic E-state index is 11.4. The molecule has 0 radical (unpaired) electrons. The van der Waals surface area contributed by atoms with Gasteiger partial charge in [-0.05, 0) is 38.7 Å². The Bertz CT molecular complexity index is 436. The van der Waals surface area contributed by atoms with E-state index in [1.165, 1.54) is 11.3 Å². The van der Waals surface area contributed by atoms with Gasteiger partial charge in [-0.3, -0.25) is 4.79 Å². The van der Waals surface area contributed by atoms with Gasteiger partial charge in [0.15, 0.2) is 0 Å². The third-order valence-corrected chi connectivity index (χ3v) is 3.76. The number of ketones is 1. The molecule has 1 saturated heterocycles. The molecular formula is C16H24N2O2. The highest BCUT2D eigenvalue weighted by Gasteiger charge is 2.17. The number of nitrogens with zero attached hydrogens (tertiary/aromatic N) is 2. The zero-order chi connectivity index (χ0) is 14.5. The fraction of sp³-hybridized carbons (Fsp3) is 0.562. The van der Waals surface area contributed by atoms with Crippen LogP contribution in [0.3, 0.4) is 0 Å². The molecule has 0 amide bonds. The monoisotopic (exact) mass is 276 g/mol. The summed E-state index contributed by atoms with van der Waals surface area (Å²) in [6, 6.07) is 8.73. The lowest BCUT2D eigenvalue weighted by Crippen LogP contribution is -2.36. The minimum atomic E-state index is 0.159. The molecule has 1 atom stereocenters. The van der Waals surface area contributed by atoms with Crippen LogP contribution in [0, 0.1) is 0 Å². The molecule has 0 saturated carbocycles. The average molecular weight is 276 g/mol. The predicted octanol–water partition coefficient (Wildman–Crippen LogP) is 2.10. The number of benzene rings is 1. The van der Waals surface area contributed by atoms with Crippen molar-refractivity contribution in [2.45, 2.75) is 19.4 Å². The van der Waals surface area contributed by atoms with Crippen molar-refractivity contribution in [1.29, 1.82) is 0 Å². The molecule has 110 valence electrons. The molecular weight excluding hydrogens is 252 g/mol. The molecule has 1 aromatic rings. The second-order valence-corrected chi connectivity index (χ2v) is 5.58. The first-order valence-corrected chi connectivity index (χ1v) is 7.16. The maximum atomic E-state index is 11.4. The Labute approximate surface area is 121 Å². The van der Waals surface area contributed by atoms with E-state index in [1.54, 1.807) is 6.92 Å². The summed E-state index contributed by atoms with van der Waals surface area (Å²) >= 11 is 0. The number of morpholine rings is 1. The summed E-state index contributed by atoms with van der Waals surface area (Å²) in [4.78, 5) is 15.8. The first-order chi connectivity index (χ1) is 9.58. The van der Waals surface area contributed by atoms with Crippen molar-refractivity contribution in [1.82, 2.24) is 4.90 Å². The van der Waals surface area contributed by atoms with Crippen molar-refractivity contribution >= 4 is 11.5 Å². The second kappa shape index (κ2) is 6.86. The average Bonchev–Trinajstić information content (AvgIpc) is 2.45. The largest absolute Gasteiger partial charge is 0.378 e. The number of carbonyl (C=O) groups excluding carboxylic acids is 1. The van der Waals surface area contributed by atoms with Gasteiger partial charge in [0.2, 0.25) is 0 Å². The van der Waals surface area contributed by atoms with Crippen LogP contribution < -0.4 is 4.90 Å². The van der Waals surface area contributed by atoms with E-state index in [1.807, 2.05) is 14.1 Å². The van der Waals surface area contributed by atoms with Gasteiger partial charge in [-0.2, -0.15) is 0 Å². The van der Waals surface area contributed by atoms with Gasteiger partial charge in [-0.15, -0.1) is 0 Å². The lowest BCUT2D eigenvalue weighted by molar-refractivity contribution is -0.118. The van der Waals surface area contributed by atoms with E-state index in [2.05, 4.69) is 34.1 Å². The molecule has 4 nitrogen and oxygen atoms in total. The molecule has 0 unspecified atom stereocenters. The van der Waals surface area contributed by atoms with Crippen LogP contribution in [0.2, 0.25) is 0 Å². The second-order valence-electron chi connectivity index (χ2n) is 5.58. The highest BCUT2D eigenvalue weighted by molar-refractivity contribution is 5.76. The Balaban J connectivity index is 2.10. The quantitative estimate of drug-likeness (QED) is 0.824. The van der Waals surface area contributed by atoms with Crippen molar-refractivity contribution < 1.29 is 9.53 Å². The standard InChI is InChI=1S/C16H24N2O2/c1-13(19)12-16(17(2)3)14-4-6-15(7-5-14)18-8-10-20-11-9-18/h4-7,16H,8-12H2,1-3H3/t16-/m0/s1. The lowest BCUT2D eigenvalue weighted by atomic mass is 10.0. The first kappa shape index (κ1) is 15.0. The van der Waals surface area contributed by atoms with Crippen LogP contribution in [0.4, 0.5) is 5.69 Å². The zero-order valence-corrected chi connectivity index (χ0v) is 12.6. The highest BCUT2D eigenvalue weighted by Crippen LogP contribution is 2.25. The minimum absolute atomic E-state index is 0.159. The van der Waals surface area contributed by atoms with Crippen LogP contribution in [-0.4, -0.2) is 51.1 Å². The third-order valence-electron chi connectivity index (χ3n) is 3.76. The molecule has 0 aromatic heterocycles. The number of hydrogen-bond acceptors (Lipinski definition) is 4. The number of anilines is 1. The molecule has 2 rings (SSSR count). The van der Waals surface area contributed by atoms with Crippen LogP contribution in [-0.2, 0) is 9.53 Å². The summed E-state index contributed by atoms with van der Waals surface area (Å²) < 4.78 is 5.37. The number of Topliss-reactive ketones (excluding diaryl/α,β-unsaturated/α-hetero) is 1. The minimum Gasteiger partial charge on any atom is -0.378 e. The SMILES string of the molecule is CC(=O)C[C@@H](c1ccc(N2CCOCC2)cc1)N(C)C. The van der Waals surface area contributed by atoms with Gasteiger partial charge in [-0.25, -0.2) is 0 Å². The number of carbonyl (C=O) groups is 1. The summed E-state index contributed by atoms with van der Waals surface area (Å²) in [5.41, 5.74) is 2.43. The lowest BCUT2D eigenvalue weighted by Gasteiger charge is -2.29. The fourth-order valence-corrected chi connectivity index (χ4v) is 2.60. The summed E-state index contributed by atoms with van der Waals surface area (Å²) in [5, 5.41) is 0. The van der Waals surface area contributed by atoms with E-state index in [0.717, 1.165) is 26.3 Å². The van der Waals surface area contributed by atoms with E-state index in [4.69, 9.17) is 4.74 Å². The molecule has 0 spiro atoms. The van der Waals surface area contributed by atoms with Crippen LogP contribution in [0.5, 0.6) is 0 Å². The summed E-state index contributed by atoms with van der Waals surface area (Å²) in [6.07, 6.45) is 0.559. The molecule has 20 heavy (non-hydrogen) atoms. The number of rotatable bonds is 5. The molecule has 0 aliphatic carbocycles. The molecule has 4 heteroatoms. The molecule has 1 heterocycles. The van der Waals surface area contributed by atoms with Crippen molar-refractivity contribution in [3.05, 3.63) is 29.8 Å². The van der Waals surface area contributed by atoms with Crippen LogP contribution >= 0.6 is 0 Å². The number of ether oxygens (including phenoxy) is 1. The first-order valence-electron chi connectivity index (χ1n) is 7.16. The van der Waals surface area contributed by atoms with Gasteiger partial charge in [0.25, 0.3) is 0 Å². The zero-order valence-electron chi connectivity index (χ0n) is 12.6. The summed E-state index contributed by atoms with van der Waals surface area (Å²) in [7, 11) is 4.03. The Morgan fingerprint density at radius 3 is 2.35 bits per heavy atom. The fourth-order valence-electron chi connectivity index (χ4n) is 2.60. The van der Waals surface area contributed by atoms with Gasteiger partial charge in [0, 0.05) is 31.2 Å². The Kier molecular flexibility index (Phi) is 5.15. The molecule has 1 aliphatic heterocycles. The topological polar surface area (TPSA) is 32.8 Å². The van der Waals surface area contributed by atoms with Crippen LogP contribution in [0.25, 0.3) is 0 Å². The normalized spacial score (nSPS) is 17.3. The van der Waals surface area contributed by atoms with Gasteiger partial charge >= 0.3 is 0 Å². The number of hydrogen-bond donors (Lipinski definition) is 0. The van der Waals surface area contributed by atoms with Crippen LogP contribution in [0.1, 0.15) is 24.9 Å². The predicted molar refractivity (Wildman–Crippen MR) is 81.2 cm³/mol. The maximum Gasteiger partial charge on any atom is 0.131 e. The highest BCUT2D eigenvalue weighted by atomic mass is 16.5. The van der Waals surface area contributed by atoms with Gasteiger partial charge < -0.3 is 14.5 Å². The Morgan fingerprint density at radius 2 is 1.85 bits per heavy atom. The Hall–Kier alpha value is -1.39. The molecule has 1 aromatic carbocycles. The van der Waals surface area contributed by atoms with Gasteiger partial charge in [-0.1, -0.05) is 12.1 Å². The third kappa shape index (κ3) is 3.81. The van der Waals surface area contributed by atoms with Crippen molar-refractivity contribution in [3.8, 4) is 0 Å². The van der Waals surface area contributed by atoms with E-state index in [-0.39, 0.29) is 11.8 Å². The summed E-state index contributed by atoms with van der Waals surface area (Å²) in [5.74, 6) is 0.223. The molecule has 0 bridgehead atoms. The van der Waals surface area contributed by atoms with Crippen LogP contribution in [0.15, 0.2) is 24.3 Å². The van der Waals surface area contributed by atoms with E-state index in [9.17, 15) is 4.79 Å². The van der Waals surface area contributed by atoms with E-state index < -0.39 is 0 Å². The molecule has 1 aliphatic rings. The van der Waals surface area contributed by atoms with Gasteiger partial charge in [0.05, 0.1) is 13.2 Å². The van der Waals surface area contributed by atoms with E-state index >= 15 is 0 Å². The van der Waals surface area contributed by atoms with Crippen molar-refractivity contribution in [2.75, 3.05) is 45.3 Å². The summed E-state index contributed by atoms with van der Waals surface area (Å²) in [6.45, 7) is 5.14. The Morgan fingerprint density at radius 1 is 1.25 bits per heavy atom. The molecule has 1 fully saturated rings. The van der Waals surface area contributed by atoms with Crippen molar-refractivity contribution in [3.63, 3.8) is 0 Å².